The summed E-state index contributed by atoms with van der Waals surface area (Å²) in [5.74, 6) is -0.713. The number of H-pyrrole nitrogens is 1. The SMILES string of the molecule is CCn1ncc(NC(=O)c2cc(-c3ccc(OC(F)F)cc3)n[nH]2)c1C(=O)N1CCOCC1. The summed E-state index contributed by atoms with van der Waals surface area (Å²) in [4.78, 5) is 27.5. The number of alkyl halides is 2. The third kappa shape index (κ3) is 5.00. The van der Waals surface area contributed by atoms with Gasteiger partial charge in [-0.15, -0.1) is 0 Å². The number of aryl methyl sites for hydroxylation is 1. The van der Waals surface area contributed by atoms with Gasteiger partial charge in [0.2, 0.25) is 0 Å². The van der Waals surface area contributed by atoms with Gasteiger partial charge in [-0.25, -0.2) is 0 Å². The van der Waals surface area contributed by atoms with Crippen LogP contribution in [0, 0.1) is 0 Å². The lowest BCUT2D eigenvalue weighted by molar-refractivity contribution is -0.0498. The minimum absolute atomic E-state index is 0.0210. The zero-order chi connectivity index (χ0) is 23.4. The van der Waals surface area contributed by atoms with Gasteiger partial charge in [-0.05, 0) is 37.3 Å². The number of benzene rings is 1. The molecular formula is C21H22F2N6O4. The van der Waals surface area contributed by atoms with Crippen LogP contribution in [0.25, 0.3) is 11.3 Å². The molecule has 0 saturated carbocycles. The second-order valence-electron chi connectivity index (χ2n) is 7.15. The van der Waals surface area contributed by atoms with Crippen LogP contribution in [-0.2, 0) is 11.3 Å². The van der Waals surface area contributed by atoms with Crippen LogP contribution < -0.4 is 10.1 Å². The first-order valence-electron chi connectivity index (χ1n) is 10.3. The second kappa shape index (κ2) is 9.77. The Morgan fingerprint density at radius 2 is 1.97 bits per heavy atom. The molecule has 0 aliphatic carbocycles. The fourth-order valence-electron chi connectivity index (χ4n) is 3.44. The maximum atomic E-state index is 13.0. The monoisotopic (exact) mass is 460 g/mol. The number of hydrogen-bond acceptors (Lipinski definition) is 6. The van der Waals surface area contributed by atoms with E-state index in [4.69, 9.17) is 4.74 Å². The van der Waals surface area contributed by atoms with Crippen molar-refractivity contribution >= 4 is 17.5 Å². The molecule has 1 aliphatic heterocycles. The molecule has 1 fully saturated rings. The minimum atomic E-state index is -2.91. The first-order chi connectivity index (χ1) is 16.0. The number of nitrogens with one attached hydrogen (secondary N) is 2. The van der Waals surface area contributed by atoms with Gasteiger partial charge in [0.05, 0.1) is 30.8 Å². The maximum Gasteiger partial charge on any atom is 0.387 e. The predicted molar refractivity (Wildman–Crippen MR) is 113 cm³/mol. The van der Waals surface area contributed by atoms with Crippen molar-refractivity contribution in [3.8, 4) is 17.0 Å². The Kier molecular flexibility index (Phi) is 6.63. The number of morpholine rings is 1. The van der Waals surface area contributed by atoms with E-state index in [1.807, 2.05) is 6.92 Å². The number of aromatic amines is 1. The van der Waals surface area contributed by atoms with Crippen LogP contribution in [0.2, 0.25) is 0 Å². The first kappa shape index (κ1) is 22.4. The second-order valence-corrected chi connectivity index (χ2v) is 7.15. The molecule has 3 heterocycles. The lowest BCUT2D eigenvalue weighted by atomic mass is 10.1. The van der Waals surface area contributed by atoms with Crippen LogP contribution in [0.3, 0.4) is 0 Å². The lowest BCUT2D eigenvalue weighted by Gasteiger charge is -2.27. The van der Waals surface area contributed by atoms with Crippen LogP contribution in [-0.4, -0.2) is 69.6 Å². The fraction of sp³-hybridized carbons (Fsp3) is 0.333. The zero-order valence-electron chi connectivity index (χ0n) is 17.8. The van der Waals surface area contributed by atoms with E-state index in [0.717, 1.165) is 0 Å². The number of halogens is 2. The molecule has 33 heavy (non-hydrogen) atoms. The van der Waals surface area contributed by atoms with Gasteiger partial charge >= 0.3 is 6.61 Å². The number of carbonyl (C=O) groups excluding carboxylic acids is 2. The van der Waals surface area contributed by atoms with Gasteiger partial charge in [-0.1, -0.05) is 0 Å². The molecule has 0 atom stereocenters. The van der Waals surface area contributed by atoms with E-state index in [1.165, 1.54) is 29.1 Å². The molecule has 1 saturated heterocycles. The van der Waals surface area contributed by atoms with Crippen LogP contribution in [0.15, 0.2) is 36.5 Å². The molecule has 2 amide bonds. The molecule has 12 heteroatoms. The maximum absolute atomic E-state index is 13.0. The topological polar surface area (TPSA) is 114 Å². The number of rotatable bonds is 7. The predicted octanol–water partition coefficient (Wildman–Crippen LogP) is 2.62. The molecule has 0 radical (unpaired) electrons. The molecule has 10 nitrogen and oxygen atoms in total. The van der Waals surface area contributed by atoms with Gasteiger partial charge in [0.25, 0.3) is 11.8 Å². The summed E-state index contributed by atoms with van der Waals surface area (Å²) >= 11 is 0. The van der Waals surface area contributed by atoms with Crippen molar-refractivity contribution in [1.29, 1.82) is 0 Å². The average Bonchev–Trinajstić information content (AvgIpc) is 3.47. The van der Waals surface area contributed by atoms with E-state index < -0.39 is 12.5 Å². The molecule has 174 valence electrons. The van der Waals surface area contributed by atoms with Crippen molar-refractivity contribution in [2.24, 2.45) is 0 Å². The first-order valence-corrected chi connectivity index (χ1v) is 10.3. The third-order valence-electron chi connectivity index (χ3n) is 5.09. The molecule has 1 aromatic carbocycles. The summed E-state index contributed by atoms with van der Waals surface area (Å²) < 4.78 is 35.8. The highest BCUT2D eigenvalue weighted by atomic mass is 19.3. The van der Waals surface area contributed by atoms with Crippen molar-refractivity contribution in [2.45, 2.75) is 20.1 Å². The van der Waals surface area contributed by atoms with Gasteiger partial charge in [-0.2, -0.15) is 19.0 Å². The largest absolute Gasteiger partial charge is 0.435 e. The van der Waals surface area contributed by atoms with Gasteiger partial charge < -0.3 is 19.7 Å². The highest BCUT2D eigenvalue weighted by molar-refractivity contribution is 6.07. The fourth-order valence-corrected chi connectivity index (χ4v) is 3.44. The Bertz CT molecular complexity index is 1120. The molecule has 3 aromatic rings. The Hall–Kier alpha value is -3.80. The number of hydrogen-bond donors (Lipinski definition) is 2. The van der Waals surface area contributed by atoms with Crippen molar-refractivity contribution in [2.75, 3.05) is 31.6 Å². The molecule has 2 N–H and O–H groups in total. The van der Waals surface area contributed by atoms with Crippen LogP contribution in [0.4, 0.5) is 14.5 Å². The molecule has 1 aliphatic rings. The molecule has 0 bridgehead atoms. The number of anilines is 1. The number of carbonyl (C=O) groups is 2. The quantitative estimate of drug-likeness (QED) is 0.560. The Morgan fingerprint density at radius 3 is 2.64 bits per heavy atom. The Balaban J connectivity index is 1.50. The van der Waals surface area contributed by atoms with Crippen LogP contribution in [0.5, 0.6) is 5.75 Å². The summed E-state index contributed by atoms with van der Waals surface area (Å²) in [5, 5.41) is 13.7. The van der Waals surface area contributed by atoms with E-state index in [-0.39, 0.29) is 17.4 Å². The van der Waals surface area contributed by atoms with Crippen LogP contribution >= 0.6 is 0 Å². The Morgan fingerprint density at radius 1 is 1.24 bits per heavy atom. The van der Waals surface area contributed by atoms with Crippen molar-refractivity contribution < 1.29 is 27.8 Å². The van der Waals surface area contributed by atoms with Gasteiger partial charge in [-0.3, -0.25) is 19.4 Å². The minimum Gasteiger partial charge on any atom is -0.435 e. The summed E-state index contributed by atoms with van der Waals surface area (Å²) in [6.07, 6.45) is 1.44. The summed E-state index contributed by atoms with van der Waals surface area (Å²) in [7, 11) is 0. The van der Waals surface area contributed by atoms with Crippen molar-refractivity contribution in [1.82, 2.24) is 24.9 Å². The highest BCUT2D eigenvalue weighted by Crippen LogP contribution is 2.23. The number of aromatic nitrogens is 4. The van der Waals surface area contributed by atoms with E-state index >= 15 is 0 Å². The average molecular weight is 460 g/mol. The standard InChI is InChI=1S/C21H22F2N6O4/c1-2-29-18(20(31)28-7-9-32-10-8-28)17(12-24-29)25-19(30)16-11-15(26-27-16)13-3-5-14(6-4-13)33-21(22)23/h3-6,11-12,21H,2,7-10H2,1H3,(H,25,30)(H,26,27). The summed E-state index contributed by atoms with van der Waals surface area (Å²) in [5.41, 5.74) is 1.79. The van der Waals surface area contributed by atoms with Crippen LogP contribution in [0.1, 0.15) is 27.9 Å². The van der Waals surface area contributed by atoms with E-state index in [1.54, 1.807) is 17.0 Å². The number of ether oxygens (including phenoxy) is 2. The van der Waals surface area contributed by atoms with Gasteiger partial charge in [0.15, 0.2) is 0 Å². The van der Waals surface area contributed by atoms with Gasteiger partial charge in [0, 0.05) is 25.2 Å². The normalized spacial score (nSPS) is 13.9. The summed E-state index contributed by atoms with van der Waals surface area (Å²) in [6, 6.07) is 7.41. The van der Waals surface area contributed by atoms with E-state index in [0.29, 0.717) is 55.5 Å². The van der Waals surface area contributed by atoms with E-state index in [9.17, 15) is 18.4 Å². The lowest BCUT2D eigenvalue weighted by Crippen LogP contribution is -2.41. The molecule has 0 spiro atoms. The van der Waals surface area contributed by atoms with Gasteiger partial charge in [0.1, 0.15) is 17.1 Å². The van der Waals surface area contributed by atoms with E-state index in [2.05, 4.69) is 25.3 Å². The molecule has 2 aromatic heterocycles. The Labute approximate surface area is 187 Å². The third-order valence-corrected chi connectivity index (χ3v) is 5.09. The summed E-state index contributed by atoms with van der Waals surface area (Å²) in [6.45, 7) is 1.25. The molecule has 0 unspecified atom stereocenters. The van der Waals surface area contributed by atoms with Crippen molar-refractivity contribution in [3.05, 3.63) is 47.9 Å². The highest BCUT2D eigenvalue weighted by Gasteiger charge is 2.26. The molecule has 4 rings (SSSR count). The zero-order valence-corrected chi connectivity index (χ0v) is 17.8. The molecular weight excluding hydrogens is 438 g/mol. The number of amides is 2. The number of nitrogens with zero attached hydrogens (tertiary/aromatic N) is 4. The smallest absolute Gasteiger partial charge is 0.387 e. The van der Waals surface area contributed by atoms with Crippen molar-refractivity contribution in [3.63, 3.8) is 0 Å².